The maximum absolute atomic E-state index is 11.8. The molecule has 1 saturated carbocycles. The van der Waals surface area contributed by atoms with Crippen LogP contribution in [0.5, 0.6) is 0 Å². The van der Waals surface area contributed by atoms with Crippen molar-refractivity contribution >= 4 is 17.8 Å². The minimum absolute atomic E-state index is 0.0387. The van der Waals surface area contributed by atoms with Crippen molar-refractivity contribution in [3.8, 4) is 0 Å². The molecule has 0 bridgehead atoms. The first-order valence-electron chi connectivity index (χ1n) is 7.93. The molecule has 2 aliphatic rings. The van der Waals surface area contributed by atoms with E-state index in [1.807, 2.05) is 30.3 Å². The minimum atomic E-state index is -1.12. The molecule has 2 N–H and O–H groups in total. The molecule has 0 unspecified atom stereocenters. The number of epoxide rings is 1. The normalized spacial score (nSPS) is 26.2. The van der Waals surface area contributed by atoms with Crippen molar-refractivity contribution in [2.75, 3.05) is 0 Å². The van der Waals surface area contributed by atoms with Crippen molar-refractivity contribution in [3.05, 3.63) is 35.9 Å². The van der Waals surface area contributed by atoms with E-state index in [4.69, 9.17) is 9.47 Å². The molecule has 0 radical (unpaired) electrons. The van der Waals surface area contributed by atoms with Crippen LogP contribution < -0.4 is 5.32 Å². The predicted octanol–water partition coefficient (Wildman–Crippen LogP) is 1.50. The second-order valence-corrected chi connectivity index (χ2v) is 6.12. The van der Waals surface area contributed by atoms with Crippen molar-refractivity contribution in [1.82, 2.24) is 5.32 Å². The second kappa shape index (κ2) is 7.00. The number of nitrogens with one attached hydrogen (secondary N) is 1. The first kappa shape index (κ1) is 16.4. The number of alkyl carbamates (subject to hydrolysis) is 1. The molecule has 3 rings (SSSR count). The fourth-order valence-corrected chi connectivity index (χ4v) is 3.06. The van der Waals surface area contributed by atoms with Crippen LogP contribution in [0.15, 0.2) is 30.3 Å². The Bertz CT molecular complexity index is 631. The van der Waals surface area contributed by atoms with Gasteiger partial charge in [0.2, 0.25) is 0 Å². The maximum atomic E-state index is 11.8. The van der Waals surface area contributed by atoms with E-state index >= 15 is 0 Å². The van der Waals surface area contributed by atoms with E-state index in [1.165, 1.54) is 0 Å². The molecule has 2 fully saturated rings. The fraction of sp³-hybridized carbons (Fsp3) is 0.471. The number of carboxylic acids is 1. The van der Waals surface area contributed by atoms with Crippen LogP contribution in [0.25, 0.3) is 0 Å². The highest BCUT2D eigenvalue weighted by Gasteiger charge is 2.53. The summed E-state index contributed by atoms with van der Waals surface area (Å²) in [6, 6.07) is 8.07. The van der Waals surface area contributed by atoms with Crippen LogP contribution in [-0.4, -0.2) is 41.2 Å². The number of carboxylic acid groups (broad SMARTS) is 1. The van der Waals surface area contributed by atoms with Crippen LogP contribution in [-0.2, 0) is 25.7 Å². The van der Waals surface area contributed by atoms with Crippen molar-refractivity contribution < 1.29 is 29.0 Å². The molecular formula is C17H19NO6. The predicted molar refractivity (Wildman–Crippen MR) is 82.2 cm³/mol. The number of rotatable bonds is 6. The molecule has 0 spiro atoms. The lowest BCUT2D eigenvalue weighted by molar-refractivity contribution is -0.139. The lowest BCUT2D eigenvalue weighted by atomic mass is 9.84. The average molecular weight is 333 g/mol. The Morgan fingerprint density at radius 3 is 2.79 bits per heavy atom. The summed E-state index contributed by atoms with van der Waals surface area (Å²) in [6.45, 7) is 0.0742. The third-order valence-electron chi connectivity index (χ3n) is 4.41. The van der Waals surface area contributed by atoms with Gasteiger partial charge in [-0.15, -0.1) is 0 Å². The van der Waals surface area contributed by atoms with Crippen molar-refractivity contribution in [2.24, 2.45) is 5.92 Å². The standard InChI is InChI=1S/C17H19NO6/c19-13-7-6-11(14-15(13)24-14)8-12(16(20)21)18-17(22)23-9-10-4-2-1-3-5-10/h1-5,11-12,14-15H,6-9H2,(H,18,22)(H,20,21)/t11-,12+,14-,15+/m1/s1. The van der Waals surface area contributed by atoms with Gasteiger partial charge in [-0.2, -0.15) is 0 Å². The van der Waals surface area contributed by atoms with Crippen LogP contribution in [0.1, 0.15) is 24.8 Å². The van der Waals surface area contributed by atoms with Crippen LogP contribution in [0, 0.1) is 5.92 Å². The van der Waals surface area contributed by atoms with Crippen LogP contribution in [0.2, 0.25) is 0 Å². The summed E-state index contributed by atoms with van der Waals surface area (Å²) in [5.41, 5.74) is 0.819. The zero-order valence-corrected chi connectivity index (χ0v) is 13.0. The SMILES string of the molecule is O=C(N[C@@H](C[C@H]1CCC(=O)[C@@H]2O[C@H]12)C(=O)O)OCc1ccccc1. The van der Waals surface area contributed by atoms with Crippen molar-refractivity contribution in [2.45, 2.75) is 44.1 Å². The summed E-state index contributed by atoms with van der Waals surface area (Å²) in [4.78, 5) is 34.7. The van der Waals surface area contributed by atoms with E-state index in [0.29, 0.717) is 12.8 Å². The number of hydrogen-bond donors (Lipinski definition) is 2. The first-order chi connectivity index (χ1) is 11.5. The van der Waals surface area contributed by atoms with Gasteiger partial charge in [0.15, 0.2) is 5.78 Å². The molecule has 7 nitrogen and oxygen atoms in total. The Morgan fingerprint density at radius 1 is 1.33 bits per heavy atom. The molecule has 1 aliphatic heterocycles. The summed E-state index contributed by atoms with van der Waals surface area (Å²) in [7, 11) is 0. The number of ether oxygens (including phenoxy) is 2. The summed E-state index contributed by atoms with van der Waals surface area (Å²) >= 11 is 0. The fourth-order valence-electron chi connectivity index (χ4n) is 3.06. The quantitative estimate of drug-likeness (QED) is 0.764. The van der Waals surface area contributed by atoms with E-state index in [-0.39, 0.29) is 36.9 Å². The second-order valence-electron chi connectivity index (χ2n) is 6.12. The summed E-state index contributed by atoms with van der Waals surface area (Å²) < 4.78 is 10.4. The first-order valence-corrected chi connectivity index (χ1v) is 7.93. The van der Waals surface area contributed by atoms with E-state index in [9.17, 15) is 19.5 Å². The molecular weight excluding hydrogens is 314 g/mol. The number of carbonyl (C=O) groups excluding carboxylic acids is 2. The number of benzene rings is 1. The number of amides is 1. The Hall–Kier alpha value is -2.41. The highest BCUT2D eigenvalue weighted by atomic mass is 16.6. The van der Waals surface area contributed by atoms with Gasteiger partial charge >= 0.3 is 12.1 Å². The minimum Gasteiger partial charge on any atom is -0.480 e. The zero-order chi connectivity index (χ0) is 17.1. The van der Waals surface area contributed by atoms with E-state index < -0.39 is 18.1 Å². The molecule has 24 heavy (non-hydrogen) atoms. The number of fused-ring (bicyclic) bond motifs is 1. The van der Waals surface area contributed by atoms with E-state index in [2.05, 4.69) is 5.32 Å². The van der Waals surface area contributed by atoms with Crippen molar-refractivity contribution in [3.63, 3.8) is 0 Å². The highest BCUT2D eigenvalue weighted by molar-refractivity contribution is 5.87. The summed E-state index contributed by atoms with van der Waals surface area (Å²) in [6.07, 6.45) is -0.129. The zero-order valence-electron chi connectivity index (χ0n) is 13.0. The van der Waals surface area contributed by atoms with Gasteiger partial charge in [-0.25, -0.2) is 9.59 Å². The Morgan fingerprint density at radius 2 is 2.08 bits per heavy atom. The molecule has 1 amide bonds. The topological polar surface area (TPSA) is 105 Å². The smallest absolute Gasteiger partial charge is 0.408 e. The number of Topliss-reactive ketones (excluding diaryl/α,β-unsaturated/α-hetero) is 1. The number of ketones is 1. The Balaban J connectivity index is 1.49. The largest absolute Gasteiger partial charge is 0.480 e. The number of carbonyl (C=O) groups is 3. The van der Waals surface area contributed by atoms with Gasteiger partial charge in [0.25, 0.3) is 0 Å². The average Bonchev–Trinajstić information content (AvgIpc) is 3.37. The summed E-state index contributed by atoms with van der Waals surface area (Å²) in [5, 5.41) is 11.7. The van der Waals surface area contributed by atoms with E-state index in [0.717, 1.165) is 5.56 Å². The van der Waals surface area contributed by atoms with Crippen molar-refractivity contribution in [1.29, 1.82) is 0 Å². The van der Waals surface area contributed by atoms with Gasteiger partial charge in [0, 0.05) is 6.42 Å². The number of hydrogen-bond acceptors (Lipinski definition) is 5. The third kappa shape index (κ3) is 3.91. The molecule has 1 saturated heterocycles. The Labute approximate surface area is 138 Å². The van der Waals surface area contributed by atoms with Gasteiger partial charge < -0.3 is 19.9 Å². The molecule has 1 aromatic rings. The molecule has 4 atom stereocenters. The molecule has 128 valence electrons. The molecule has 1 aromatic carbocycles. The maximum Gasteiger partial charge on any atom is 0.408 e. The van der Waals surface area contributed by atoms with Gasteiger partial charge in [0.05, 0.1) is 6.10 Å². The van der Waals surface area contributed by atoms with Gasteiger partial charge in [-0.3, -0.25) is 4.79 Å². The molecule has 7 heteroatoms. The third-order valence-corrected chi connectivity index (χ3v) is 4.41. The van der Waals surface area contributed by atoms with Crippen LogP contribution in [0.4, 0.5) is 4.79 Å². The van der Waals surface area contributed by atoms with Crippen LogP contribution >= 0.6 is 0 Å². The van der Waals surface area contributed by atoms with Crippen LogP contribution in [0.3, 0.4) is 0 Å². The summed E-state index contributed by atoms with van der Waals surface area (Å²) in [5.74, 6) is -1.08. The van der Waals surface area contributed by atoms with Gasteiger partial charge in [-0.05, 0) is 24.3 Å². The van der Waals surface area contributed by atoms with Gasteiger partial charge in [0.1, 0.15) is 18.8 Å². The highest BCUT2D eigenvalue weighted by Crippen LogP contribution is 2.40. The van der Waals surface area contributed by atoms with E-state index in [1.54, 1.807) is 0 Å². The molecule has 0 aromatic heterocycles. The lowest BCUT2D eigenvalue weighted by Gasteiger charge is -2.22. The molecule has 1 aliphatic carbocycles. The number of aliphatic carboxylic acids is 1. The molecule has 1 heterocycles. The van der Waals surface area contributed by atoms with Gasteiger partial charge in [-0.1, -0.05) is 30.3 Å². The monoisotopic (exact) mass is 333 g/mol. The Kier molecular flexibility index (Phi) is 4.80. The lowest BCUT2D eigenvalue weighted by Crippen LogP contribution is -2.43.